The minimum atomic E-state index is -1.76. The van der Waals surface area contributed by atoms with E-state index in [-0.39, 0.29) is 11.8 Å². The lowest BCUT2D eigenvalue weighted by molar-refractivity contribution is -0.168. The Balaban J connectivity index is 2.42. The van der Waals surface area contributed by atoms with Crippen LogP contribution in [0.4, 0.5) is 0 Å². The molecule has 21 heavy (non-hydrogen) atoms. The third-order valence-corrected chi connectivity index (χ3v) is 4.88. The fourth-order valence-corrected chi connectivity index (χ4v) is 4.24. The van der Waals surface area contributed by atoms with Crippen LogP contribution < -0.4 is 0 Å². The van der Waals surface area contributed by atoms with Crippen LogP contribution in [0.3, 0.4) is 0 Å². The SMILES string of the molecule is O=C(O)C(C(=O)O)C1C2CCC(C2)C1C(C(=O)O)C(=O)O. The minimum absolute atomic E-state index is 0.238. The molecule has 8 heteroatoms. The van der Waals surface area contributed by atoms with E-state index in [9.17, 15) is 19.2 Å². The first-order valence-corrected chi connectivity index (χ1v) is 6.67. The Labute approximate surface area is 119 Å². The highest BCUT2D eigenvalue weighted by Gasteiger charge is 2.59. The summed E-state index contributed by atoms with van der Waals surface area (Å²) in [5.74, 6) is -12.1. The Hall–Kier alpha value is -2.12. The van der Waals surface area contributed by atoms with Gasteiger partial charge in [0.2, 0.25) is 0 Å². The monoisotopic (exact) mass is 300 g/mol. The zero-order valence-corrected chi connectivity index (χ0v) is 11.0. The summed E-state index contributed by atoms with van der Waals surface area (Å²) in [4.78, 5) is 44.9. The number of carboxylic acids is 4. The number of carbonyl (C=O) groups is 4. The molecular weight excluding hydrogens is 284 g/mol. The number of hydrogen-bond acceptors (Lipinski definition) is 4. The average molecular weight is 300 g/mol. The van der Waals surface area contributed by atoms with Crippen LogP contribution in [0, 0.1) is 35.5 Å². The second kappa shape index (κ2) is 5.34. The number of hydrogen-bond donors (Lipinski definition) is 4. The third kappa shape index (κ3) is 2.45. The van der Waals surface area contributed by atoms with Gasteiger partial charge in [0.05, 0.1) is 0 Å². The molecule has 0 aromatic carbocycles. The molecule has 4 unspecified atom stereocenters. The lowest BCUT2D eigenvalue weighted by Gasteiger charge is -2.35. The van der Waals surface area contributed by atoms with Crippen molar-refractivity contribution in [3.8, 4) is 0 Å². The second-order valence-corrected chi connectivity index (χ2v) is 5.80. The normalized spacial score (nSPS) is 30.8. The van der Waals surface area contributed by atoms with Gasteiger partial charge in [0.15, 0.2) is 11.8 Å². The summed E-state index contributed by atoms with van der Waals surface area (Å²) < 4.78 is 0. The van der Waals surface area contributed by atoms with Gasteiger partial charge in [0.1, 0.15) is 0 Å². The molecular formula is C13H16O8. The van der Waals surface area contributed by atoms with Crippen LogP contribution in [0.15, 0.2) is 0 Å². The summed E-state index contributed by atoms with van der Waals surface area (Å²) in [5, 5.41) is 36.5. The van der Waals surface area contributed by atoms with E-state index in [1.807, 2.05) is 0 Å². The molecule has 0 radical (unpaired) electrons. The molecule has 0 aliphatic heterocycles. The topological polar surface area (TPSA) is 149 Å². The van der Waals surface area contributed by atoms with E-state index in [2.05, 4.69) is 0 Å². The second-order valence-electron chi connectivity index (χ2n) is 5.80. The molecule has 0 amide bonds. The van der Waals surface area contributed by atoms with Gasteiger partial charge in [-0.25, -0.2) is 0 Å². The van der Waals surface area contributed by atoms with Crippen molar-refractivity contribution >= 4 is 23.9 Å². The maximum Gasteiger partial charge on any atom is 0.318 e. The van der Waals surface area contributed by atoms with Crippen molar-refractivity contribution in [1.82, 2.24) is 0 Å². The van der Waals surface area contributed by atoms with Gasteiger partial charge in [-0.05, 0) is 42.9 Å². The number of aliphatic carboxylic acids is 4. The fraction of sp³-hybridized carbons (Fsp3) is 0.692. The lowest BCUT2D eigenvalue weighted by atomic mass is 9.67. The summed E-state index contributed by atoms with van der Waals surface area (Å²) in [6.45, 7) is 0. The lowest BCUT2D eigenvalue weighted by Crippen LogP contribution is -2.45. The zero-order valence-electron chi connectivity index (χ0n) is 11.0. The number of carboxylic acid groups (broad SMARTS) is 4. The highest BCUT2D eigenvalue weighted by molar-refractivity contribution is 5.95. The van der Waals surface area contributed by atoms with E-state index < -0.39 is 47.5 Å². The Morgan fingerprint density at radius 3 is 1.19 bits per heavy atom. The highest BCUT2D eigenvalue weighted by Crippen LogP contribution is 2.57. The number of fused-ring (bicyclic) bond motifs is 2. The molecule has 4 atom stereocenters. The Morgan fingerprint density at radius 1 is 0.667 bits per heavy atom. The van der Waals surface area contributed by atoms with Gasteiger partial charge in [-0.2, -0.15) is 0 Å². The van der Waals surface area contributed by atoms with Crippen LogP contribution in [0.2, 0.25) is 0 Å². The first kappa shape index (κ1) is 15.3. The third-order valence-electron chi connectivity index (χ3n) is 4.88. The van der Waals surface area contributed by atoms with Crippen molar-refractivity contribution in [2.75, 3.05) is 0 Å². The quantitative estimate of drug-likeness (QED) is 0.509. The van der Waals surface area contributed by atoms with Crippen LogP contribution in [-0.2, 0) is 19.2 Å². The zero-order chi connectivity index (χ0) is 15.9. The Morgan fingerprint density at radius 2 is 0.952 bits per heavy atom. The Kier molecular flexibility index (Phi) is 3.89. The Bertz CT molecular complexity index is 426. The first-order valence-electron chi connectivity index (χ1n) is 6.67. The van der Waals surface area contributed by atoms with Gasteiger partial charge in [-0.3, -0.25) is 19.2 Å². The van der Waals surface area contributed by atoms with Crippen LogP contribution in [0.25, 0.3) is 0 Å². The van der Waals surface area contributed by atoms with E-state index in [0.717, 1.165) is 0 Å². The molecule has 2 rings (SSSR count). The molecule has 2 saturated carbocycles. The van der Waals surface area contributed by atoms with E-state index in [0.29, 0.717) is 19.3 Å². The van der Waals surface area contributed by atoms with E-state index >= 15 is 0 Å². The maximum absolute atomic E-state index is 11.2. The molecule has 0 aromatic rings. The minimum Gasteiger partial charge on any atom is -0.481 e. The van der Waals surface area contributed by atoms with Gasteiger partial charge in [-0.15, -0.1) is 0 Å². The summed E-state index contributed by atoms with van der Waals surface area (Å²) in [7, 11) is 0. The smallest absolute Gasteiger partial charge is 0.318 e. The van der Waals surface area contributed by atoms with Gasteiger partial charge < -0.3 is 20.4 Å². The number of rotatable bonds is 6. The predicted octanol–water partition coefficient (Wildman–Crippen LogP) is 0.219. The molecule has 2 aliphatic carbocycles. The van der Waals surface area contributed by atoms with E-state index in [4.69, 9.17) is 20.4 Å². The summed E-state index contributed by atoms with van der Waals surface area (Å²) in [6, 6.07) is 0. The first-order chi connectivity index (χ1) is 9.75. The molecule has 2 fully saturated rings. The average Bonchev–Trinajstić information content (AvgIpc) is 2.90. The molecule has 0 spiro atoms. The maximum atomic E-state index is 11.2. The molecule has 8 nitrogen and oxygen atoms in total. The molecule has 2 aliphatic rings. The molecule has 116 valence electrons. The largest absolute Gasteiger partial charge is 0.481 e. The van der Waals surface area contributed by atoms with Gasteiger partial charge in [0, 0.05) is 0 Å². The fourth-order valence-electron chi connectivity index (χ4n) is 4.24. The van der Waals surface area contributed by atoms with E-state index in [1.54, 1.807) is 0 Å². The van der Waals surface area contributed by atoms with Crippen molar-refractivity contribution in [2.45, 2.75) is 19.3 Å². The van der Waals surface area contributed by atoms with E-state index in [1.165, 1.54) is 0 Å². The van der Waals surface area contributed by atoms with Gasteiger partial charge in [-0.1, -0.05) is 0 Å². The summed E-state index contributed by atoms with van der Waals surface area (Å²) >= 11 is 0. The molecule has 4 N–H and O–H groups in total. The van der Waals surface area contributed by atoms with Crippen LogP contribution >= 0.6 is 0 Å². The van der Waals surface area contributed by atoms with Gasteiger partial charge >= 0.3 is 23.9 Å². The molecule has 0 aromatic heterocycles. The van der Waals surface area contributed by atoms with Crippen LogP contribution in [0.1, 0.15) is 19.3 Å². The molecule has 2 bridgehead atoms. The summed E-state index contributed by atoms with van der Waals surface area (Å²) in [6.07, 6.45) is 1.74. The van der Waals surface area contributed by atoms with Crippen molar-refractivity contribution < 1.29 is 39.6 Å². The standard InChI is InChI=1S/C13H16O8/c14-10(15)8(11(16)17)6-4-1-2-5(3-4)7(6)9(12(18)19)13(20)21/h4-9H,1-3H2,(H,14,15)(H,16,17)(H,18,19)(H,20,21). The van der Waals surface area contributed by atoms with Crippen molar-refractivity contribution in [1.29, 1.82) is 0 Å². The van der Waals surface area contributed by atoms with Crippen molar-refractivity contribution in [2.24, 2.45) is 35.5 Å². The predicted molar refractivity (Wildman–Crippen MR) is 65.3 cm³/mol. The molecule has 0 saturated heterocycles. The summed E-state index contributed by atoms with van der Waals surface area (Å²) in [5.41, 5.74) is 0. The highest BCUT2D eigenvalue weighted by atomic mass is 16.4. The van der Waals surface area contributed by atoms with Crippen molar-refractivity contribution in [3.63, 3.8) is 0 Å². The van der Waals surface area contributed by atoms with Crippen LogP contribution in [-0.4, -0.2) is 44.3 Å². The van der Waals surface area contributed by atoms with Crippen LogP contribution in [0.5, 0.6) is 0 Å². The van der Waals surface area contributed by atoms with Gasteiger partial charge in [0.25, 0.3) is 0 Å². The molecule has 0 heterocycles. The van der Waals surface area contributed by atoms with Crippen molar-refractivity contribution in [3.05, 3.63) is 0 Å².